The topological polar surface area (TPSA) is 51.4 Å². The van der Waals surface area contributed by atoms with Gasteiger partial charge < -0.3 is 15.4 Å². The summed E-state index contributed by atoms with van der Waals surface area (Å²) in [5, 5.41) is 2.29. The summed E-state index contributed by atoms with van der Waals surface area (Å²) in [4.78, 5) is 7.04. The number of hydrogen-bond acceptors (Lipinski definition) is 4. The van der Waals surface area contributed by atoms with Crippen LogP contribution in [0.3, 0.4) is 0 Å². The Labute approximate surface area is 119 Å². The zero-order chi connectivity index (χ0) is 13.9. The molecule has 1 aliphatic rings. The Morgan fingerprint density at radius 1 is 1.30 bits per heavy atom. The van der Waals surface area contributed by atoms with Crippen molar-refractivity contribution < 1.29 is 4.74 Å². The third-order valence-corrected chi connectivity index (χ3v) is 3.83. The van der Waals surface area contributed by atoms with Gasteiger partial charge in [-0.05, 0) is 37.9 Å². The molecule has 0 unspecified atom stereocenters. The first-order chi connectivity index (χ1) is 9.85. The van der Waals surface area contributed by atoms with Crippen LogP contribution in [0.2, 0.25) is 0 Å². The van der Waals surface area contributed by atoms with Crippen molar-refractivity contribution >= 4 is 16.6 Å². The maximum absolute atomic E-state index is 5.67. The minimum Gasteiger partial charge on any atom is -0.496 e. The second-order valence-electron chi connectivity index (χ2n) is 5.26. The van der Waals surface area contributed by atoms with Gasteiger partial charge in [-0.15, -0.1) is 0 Å². The molecular formula is C16H21N3O. The maximum atomic E-state index is 5.67. The van der Waals surface area contributed by atoms with E-state index < -0.39 is 0 Å². The second kappa shape index (κ2) is 5.67. The number of nitrogens with two attached hydrogens (primary N) is 1. The second-order valence-corrected chi connectivity index (χ2v) is 5.26. The molecule has 106 valence electrons. The third kappa shape index (κ3) is 2.43. The summed E-state index contributed by atoms with van der Waals surface area (Å²) in [5.74, 6) is 1.97. The monoisotopic (exact) mass is 271 g/mol. The molecule has 0 saturated heterocycles. The molecule has 0 radical (unpaired) electrons. The lowest BCUT2D eigenvalue weighted by atomic mass is 10.1. The molecule has 0 spiro atoms. The molecule has 0 amide bonds. The van der Waals surface area contributed by atoms with Crippen LogP contribution >= 0.6 is 0 Å². The number of nitrogens with zero attached hydrogens (tertiary/aromatic N) is 2. The Hall–Kier alpha value is -1.81. The van der Waals surface area contributed by atoms with Crippen LogP contribution in [0.15, 0.2) is 30.5 Å². The summed E-state index contributed by atoms with van der Waals surface area (Å²) in [7, 11) is 1.71. The standard InChI is InChI=1S/C16H21N3O/c1-20-15-5-2-4-14-13(15)8-10-18-16(14)19(11-3-9-17)12-6-7-12/h2,4-5,8,10,12H,3,6-7,9,11,17H2,1H3. The van der Waals surface area contributed by atoms with Gasteiger partial charge in [-0.1, -0.05) is 12.1 Å². The lowest BCUT2D eigenvalue weighted by molar-refractivity contribution is 0.420. The van der Waals surface area contributed by atoms with Crippen LogP contribution < -0.4 is 15.4 Å². The smallest absolute Gasteiger partial charge is 0.136 e. The number of aromatic nitrogens is 1. The van der Waals surface area contributed by atoms with E-state index in [-0.39, 0.29) is 0 Å². The zero-order valence-corrected chi connectivity index (χ0v) is 11.9. The van der Waals surface area contributed by atoms with Crippen molar-refractivity contribution in [2.75, 3.05) is 25.1 Å². The van der Waals surface area contributed by atoms with Gasteiger partial charge in [0.15, 0.2) is 0 Å². The predicted octanol–water partition coefficient (Wildman–Crippen LogP) is 2.56. The Balaban J connectivity index is 2.05. The molecule has 0 aliphatic heterocycles. The van der Waals surface area contributed by atoms with Crippen LogP contribution in [0.25, 0.3) is 10.8 Å². The van der Waals surface area contributed by atoms with Gasteiger partial charge in [0.05, 0.1) is 7.11 Å². The maximum Gasteiger partial charge on any atom is 0.136 e. The third-order valence-electron chi connectivity index (χ3n) is 3.83. The molecule has 1 heterocycles. The van der Waals surface area contributed by atoms with E-state index in [1.54, 1.807) is 7.11 Å². The highest BCUT2D eigenvalue weighted by Gasteiger charge is 2.30. The molecule has 2 N–H and O–H groups in total. The summed E-state index contributed by atoms with van der Waals surface area (Å²) in [6, 6.07) is 8.79. The van der Waals surface area contributed by atoms with Crippen molar-refractivity contribution in [3.63, 3.8) is 0 Å². The first-order valence-electron chi connectivity index (χ1n) is 7.23. The molecule has 1 fully saturated rings. The van der Waals surface area contributed by atoms with Crippen LogP contribution in [-0.2, 0) is 0 Å². The highest BCUT2D eigenvalue weighted by atomic mass is 16.5. The zero-order valence-electron chi connectivity index (χ0n) is 11.9. The van der Waals surface area contributed by atoms with Gasteiger partial charge in [0.2, 0.25) is 0 Å². The lowest BCUT2D eigenvalue weighted by Crippen LogP contribution is -2.29. The van der Waals surface area contributed by atoms with E-state index in [0.29, 0.717) is 6.04 Å². The number of hydrogen-bond donors (Lipinski definition) is 1. The summed E-state index contributed by atoms with van der Waals surface area (Å²) in [5.41, 5.74) is 5.67. The van der Waals surface area contributed by atoms with Crippen LogP contribution in [0.4, 0.5) is 5.82 Å². The van der Waals surface area contributed by atoms with Gasteiger partial charge in [0.1, 0.15) is 11.6 Å². The fourth-order valence-electron chi connectivity index (χ4n) is 2.68. The Bertz CT molecular complexity index is 595. The number of benzene rings is 1. The average molecular weight is 271 g/mol. The number of rotatable bonds is 6. The predicted molar refractivity (Wildman–Crippen MR) is 82.3 cm³/mol. The highest BCUT2D eigenvalue weighted by molar-refractivity contribution is 5.96. The first kappa shape index (κ1) is 13.2. The van der Waals surface area contributed by atoms with Crippen molar-refractivity contribution in [1.82, 2.24) is 4.98 Å². The summed E-state index contributed by atoms with van der Waals surface area (Å²) in [6.45, 7) is 1.70. The Kier molecular flexibility index (Phi) is 3.74. The van der Waals surface area contributed by atoms with Crippen LogP contribution in [0.1, 0.15) is 19.3 Å². The number of fused-ring (bicyclic) bond motifs is 1. The normalized spacial score (nSPS) is 14.5. The SMILES string of the molecule is COc1cccc2c(N(CCCN)C3CC3)nccc12. The van der Waals surface area contributed by atoms with E-state index in [4.69, 9.17) is 10.5 Å². The molecule has 4 heteroatoms. The average Bonchev–Trinajstić information content (AvgIpc) is 3.32. The van der Waals surface area contributed by atoms with E-state index in [1.807, 2.05) is 24.4 Å². The van der Waals surface area contributed by atoms with E-state index in [9.17, 15) is 0 Å². The Morgan fingerprint density at radius 3 is 2.85 bits per heavy atom. The molecule has 2 aromatic rings. The molecule has 4 nitrogen and oxygen atoms in total. The Morgan fingerprint density at radius 2 is 2.15 bits per heavy atom. The fraction of sp³-hybridized carbons (Fsp3) is 0.438. The van der Waals surface area contributed by atoms with Crippen LogP contribution in [0.5, 0.6) is 5.75 Å². The number of anilines is 1. The lowest BCUT2D eigenvalue weighted by Gasteiger charge is -2.25. The first-order valence-corrected chi connectivity index (χ1v) is 7.23. The van der Waals surface area contributed by atoms with Gasteiger partial charge in [0.25, 0.3) is 0 Å². The minimum atomic E-state index is 0.630. The molecule has 0 atom stereocenters. The molecule has 20 heavy (non-hydrogen) atoms. The molecular weight excluding hydrogens is 250 g/mol. The number of methoxy groups -OCH3 is 1. The van der Waals surface area contributed by atoms with Crippen LogP contribution in [0, 0.1) is 0 Å². The quantitative estimate of drug-likeness (QED) is 0.877. The van der Waals surface area contributed by atoms with Gasteiger partial charge in [-0.25, -0.2) is 4.98 Å². The van der Waals surface area contributed by atoms with E-state index in [0.717, 1.165) is 41.9 Å². The van der Waals surface area contributed by atoms with Gasteiger partial charge in [-0.3, -0.25) is 0 Å². The number of ether oxygens (including phenoxy) is 1. The molecule has 1 aromatic carbocycles. The van der Waals surface area contributed by atoms with Crippen LogP contribution in [-0.4, -0.2) is 31.2 Å². The van der Waals surface area contributed by atoms with Crippen molar-refractivity contribution in [1.29, 1.82) is 0 Å². The molecule has 0 bridgehead atoms. The van der Waals surface area contributed by atoms with Crippen molar-refractivity contribution in [2.24, 2.45) is 5.73 Å². The molecule has 3 rings (SSSR count). The van der Waals surface area contributed by atoms with Gasteiger partial charge in [-0.2, -0.15) is 0 Å². The highest BCUT2D eigenvalue weighted by Crippen LogP contribution is 2.36. The molecule has 1 aromatic heterocycles. The van der Waals surface area contributed by atoms with Crippen molar-refractivity contribution in [3.8, 4) is 5.75 Å². The minimum absolute atomic E-state index is 0.630. The van der Waals surface area contributed by atoms with Gasteiger partial charge >= 0.3 is 0 Å². The molecule has 1 saturated carbocycles. The van der Waals surface area contributed by atoms with Crippen molar-refractivity contribution in [2.45, 2.75) is 25.3 Å². The van der Waals surface area contributed by atoms with E-state index in [1.165, 1.54) is 12.8 Å². The van der Waals surface area contributed by atoms with Crippen molar-refractivity contribution in [3.05, 3.63) is 30.5 Å². The van der Waals surface area contributed by atoms with Gasteiger partial charge in [0, 0.05) is 29.6 Å². The fourth-order valence-corrected chi connectivity index (χ4v) is 2.68. The van der Waals surface area contributed by atoms with E-state index in [2.05, 4.69) is 16.0 Å². The summed E-state index contributed by atoms with van der Waals surface area (Å²) in [6.07, 6.45) is 5.38. The number of pyridine rings is 1. The molecule has 1 aliphatic carbocycles. The summed E-state index contributed by atoms with van der Waals surface area (Å²) >= 11 is 0. The largest absolute Gasteiger partial charge is 0.496 e. The summed E-state index contributed by atoms with van der Waals surface area (Å²) < 4.78 is 5.45. The van der Waals surface area contributed by atoms with E-state index >= 15 is 0 Å².